The molecule has 0 atom stereocenters. The smallest absolute Gasteiger partial charge is 0.261 e. The van der Waals surface area contributed by atoms with Crippen LogP contribution in [0, 0.1) is 0 Å². The van der Waals surface area contributed by atoms with Crippen LogP contribution < -0.4 is 10.6 Å². The number of hydrogen-bond donors (Lipinski definition) is 2. The van der Waals surface area contributed by atoms with Crippen LogP contribution in [0.2, 0.25) is 0 Å². The molecule has 0 saturated carbocycles. The molecule has 100 valence electrons. The van der Waals surface area contributed by atoms with Gasteiger partial charge in [-0.15, -0.1) is 11.3 Å². The van der Waals surface area contributed by atoms with E-state index in [-0.39, 0.29) is 24.4 Å². The third-order valence-corrected chi connectivity index (χ3v) is 3.62. The first kappa shape index (κ1) is 13.5. The fraction of sp³-hybridized carbons (Fsp3) is 0.286. The number of carbonyl (C=O) groups is 2. The van der Waals surface area contributed by atoms with Crippen molar-refractivity contribution in [1.82, 2.24) is 10.6 Å². The Kier molecular flexibility index (Phi) is 4.16. The molecule has 0 radical (unpaired) electrons. The van der Waals surface area contributed by atoms with E-state index in [1.807, 2.05) is 44.2 Å². The van der Waals surface area contributed by atoms with Crippen LogP contribution in [0.3, 0.4) is 0 Å². The lowest BCUT2D eigenvalue weighted by Crippen LogP contribution is -2.39. The van der Waals surface area contributed by atoms with E-state index in [4.69, 9.17) is 0 Å². The van der Waals surface area contributed by atoms with Crippen LogP contribution in [0.25, 0.3) is 10.1 Å². The highest BCUT2D eigenvalue weighted by Gasteiger charge is 2.11. The second-order valence-corrected chi connectivity index (χ2v) is 5.64. The first-order valence-electron chi connectivity index (χ1n) is 6.12. The number of fused-ring (bicyclic) bond motifs is 1. The summed E-state index contributed by atoms with van der Waals surface area (Å²) in [5, 5.41) is 6.40. The van der Waals surface area contributed by atoms with Gasteiger partial charge in [0.25, 0.3) is 5.91 Å². The minimum absolute atomic E-state index is 0.00522. The van der Waals surface area contributed by atoms with Gasteiger partial charge in [0, 0.05) is 10.7 Å². The summed E-state index contributed by atoms with van der Waals surface area (Å²) in [6, 6.07) is 9.74. The Morgan fingerprint density at radius 1 is 1.26 bits per heavy atom. The fourth-order valence-corrected chi connectivity index (χ4v) is 2.69. The molecular weight excluding hydrogens is 260 g/mol. The monoisotopic (exact) mass is 276 g/mol. The maximum atomic E-state index is 11.9. The van der Waals surface area contributed by atoms with E-state index in [0.717, 1.165) is 10.1 Å². The lowest BCUT2D eigenvalue weighted by molar-refractivity contribution is -0.120. The first-order chi connectivity index (χ1) is 9.06. The van der Waals surface area contributed by atoms with Crippen molar-refractivity contribution in [3.8, 4) is 0 Å². The molecule has 2 rings (SSSR count). The molecule has 2 amide bonds. The van der Waals surface area contributed by atoms with Crippen molar-refractivity contribution in [2.75, 3.05) is 6.54 Å². The number of carbonyl (C=O) groups excluding carboxylic acids is 2. The lowest BCUT2D eigenvalue weighted by Gasteiger charge is -2.08. The molecule has 19 heavy (non-hydrogen) atoms. The molecule has 0 unspecified atom stereocenters. The van der Waals surface area contributed by atoms with E-state index in [1.54, 1.807) is 0 Å². The zero-order valence-electron chi connectivity index (χ0n) is 10.9. The number of thiophene rings is 1. The van der Waals surface area contributed by atoms with Crippen LogP contribution in [0.4, 0.5) is 0 Å². The van der Waals surface area contributed by atoms with E-state index < -0.39 is 0 Å². The number of rotatable bonds is 4. The molecule has 0 aliphatic heterocycles. The zero-order valence-corrected chi connectivity index (χ0v) is 11.7. The van der Waals surface area contributed by atoms with Gasteiger partial charge in [-0.05, 0) is 31.4 Å². The minimum atomic E-state index is -0.208. The molecule has 0 bridgehead atoms. The Labute approximate surface area is 115 Å². The van der Waals surface area contributed by atoms with Gasteiger partial charge < -0.3 is 10.6 Å². The molecule has 5 heteroatoms. The fourth-order valence-electron chi connectivity index (χ4n) is 1.71. The second kappa shape index (κ2) is 5.84. The summed E-state index contributed by atoms with van der Waals surface area (Å²) in [7, 11) is 0. The SMILES string of the molecule is CC(C)NC(=O)CNC(=O)c1cc2ccccc2s1. The van der Waals surface area contributed by atoms with Crippen LogP contribution in [0.15, 0.2) is 30.3 Å². The normalized spacial score (nSPS) is 10.7. The largest absolute Gasteiger partial charge is 0.352 e. The van der Waals surface area contributed by atoms with E-state index in [9.17, 15) is 9.59 Å². The van der Waals surface area contributed by atoms with Gasteiger partial charge in [-0.3, -0.25) is 9.59 Å². The third kappa shape index (κ3) is 3.54. The summed E-state index contributed by atoms with van der Waals surface area (Å²) < 4.78 is 1.07. The van der Waals surface area contributed by atoms with Gasteiger partial charge >= 0.3 is 0 Å². The average Bonchev–Trinajstić information content (AvgIpc) is 2.78. The van der Waals surface area contributed by atoms with Gasteiger partial charge in [0.1, 0.15) is 0 Å². The summed E-state index contributed by atoms with van der Waals surface area (Å²) in [5.74, 6) is -0.385. The van der Waals surface area contributed by atoms with Crippen LogP contribution in [0.5, 0.6) is 0 Å². The molecular formula is C14H16N2O2S. The number of nitrogens with one attached hydrogen (secondary N) is 2. The highest BCUT2D eigenvalue weighted by Crippen LogP contribution is 2.24. The zero-order chi connectivity index (χ0) is 13.8. The molecule has 1 heterocycles. The molecule has 2 aromatic rings. The van der Waals surface area contributed by atoms with Crippen molar-refractivity contribution in [3.05, 3.63) is 35.2 Å². The number of benzene rings is 1. The van der Waals surface area contributed by atoms with Gasteiger partial charge in [0.05, 0.1) is 11.4 Å². The van der Waals surface area contributed by atoms with E-state index >= 15 is 0 Å². The summed E-state index contributed by atoms with van der Waals surface area (Å²) in [6.45, 7) is 3.77. The predicted octanol–water partition coefficient (Wildman–Crippen LogP) is 2.16. The molecule has 0 spiro atoms. The third-order valence-electron chi connectivity index (χ3n) is 2.51. The van der Waals surface area contributed by atoms with Crippen molar-refractivity contribution in [2.24, 2.45) is 0 Å². The minimum Gasteiger partial charge on any atom is -0.352 e. The number of amides is 2. The van der Waals surface area contributed by atoms with Crippen LogP contribution in [-0.2, 0) is 4.79 Å². The molecule has 0 aliphatic rings. The summed E-state index contributed by atoms with van der Waals surface area (Å²) in [6.07, 6.45) is 0. The van der Waals surface area contributed by atoms with E-state index in [1.165, 1.54) is 11.3 Å². The Hall–Kier alpha value is -1.88. The second-order valence-electron chi connectivity index (χ2n) is 4.55. The standard InChI is InChI=1S/C14H16N2O2S/c1-9(2)16-13(17)8-15-14(18)12-7-10-5-3-4-6-11(10)19-12/h3-7,9H,8H2,1-2H3,(H,15,18)(H,16,17). The van der Waals surface area contributed by atoms with Gasteiger partial charge in [-0.25, -0.2) is 0 Å². The van der Waals surface area contributed by atoms with Crippen molar-refractivity contribution in [3.63, 3.8) is 0 Å². The first-order valence-corrected chi connectivity index (χ1v) is 6.94. The summed E-state index contributed by atoms with van der Waals surface area (Å²) >= 11 is 1.43. The van der Waals surface area contributed by atoms with Crippen LogP contribution >= 0.6 is 11.3 Å². The van der Waals surface area contributed by atoms with Crippen molar-refractivity contribution >= 4 is 33.2 Å². The Balaban J connectivity index is 1.98. The average molecular weight is 276 g/mol. The molecule has 0 aliphatic carbocycles. The summed E-state index contributed by atoms with van der Waals surface area (Å²) in [4.78, 5) is 24.0. The van der Waals surface area contributed by atoms with E-state index in [2.05, 4.69) is 10.6 Å². The highest BCUT2D eigenvalue weighted by molar-refractivity contribution is 7.20. The quantitative estimate of drug-likeness (QED) is 0.899. The Bertz CT molecular complexity index is 571. The van der Waals surface area contributed by atoms with Gasteiger partial charge in [-0.2, -0.15) is 0 Å². The number of hydrogen-bond acceptors (Lipinski definition) is 3. The molecule has 2 N–H and O–H groups in total. The molecule has 0 saturated heterocycles. The van der Waals surface area contributed by atoms with Gasteiger partial charge in [-0.1, -0.05) is 18.2 Å². The van der Waals surface area contributed by atoms with Gasteiger partial charge in [0.2, 0.25) is 5.91 Å². The molecule has 4 nitrogen and oxygen atoms in total. The van der Waals surface area contributed by atoms with Gasteiger partial charge in [0.15, 0.2) is 0 Å². The maximum Gasteiger partial charge on any atom is 0.261 e. The highest BCUT2D eigenvalue weighted by atomic mass is 32.1. The Morgan fingerprint density at radius 3 is 2.68 bits per heavy atom. The van der Waals surface area contributed by atoms with Crippen molar-refractivity contribution in [2.45, 2.75) is 19.9 Å². The lowest BCUT2D eigenvalue weighted by atomic mass is 10.2. The predicted molar refractivity (Wildman–Crippen MR) is 77.4 cm³/mol. The van der Waals surface area contributed by atoms with Crippen LogP contribution in [-0.4, -0.2) is 24.4 Å². The molecule has 1 aromatic carbocycles. The molecule has 1 aromatic heterocycles. The van der Waals surface area contributed by atoms with E-state index in [0.29, 0.717) is 4.88 Å². The topological polar surface area (TPSA) is 58.2 Å². The van der Waals surface area contributed by atoms with Crippen molar-refractivity contribution < 1.29 is 9.59 Å². The summed E-state index contributed by atoms with van der Waals surface area (Å²) in [5.41, 5.74) is 0. The Morgan fingerprint density at radius 2 is 2.00 bits per heavy atom. The van der Waals surface area contributed by atoms with Crippen molar-refractivity contribution in [1.29, 1.82) is 0 Å². The van der Waals surface area contributed by atoms with Crippen LogP contribution in [0.1, 0.15) is 23.5 Å². The maximum absolute atomic E-state index is 11.9. The molecule has 0 fully saturated rings.